The quantitative estimate of drug-likeness (QED) is 0.372. The highest BCUT2D eigenvalue weighted by Gasteiger charge is 2.24. The van der Waals surface area contributed by atoms with Gasteiger partial charge in [0.1, 0.15) is 36.4 Å². The van der Waals surface area contributed by atoms with Crippen molar-refractivity contribution >= 4 is 33.9 Å². The van der Waals surface area contributed by atoms with Gasteiger partial charge < -0.3 is 15.4 Å². The second kappa shape index (κ2) is 8.56. The molecule has 36 heavy (non-hydrogen) atoms. The van der Waals surface area contributed by atoms with Crippen LogP contribution in [0.15, 0.2) is 66.4 Å². The molecule has 6 rings (SSSR count). The topological polar surface area (TPSA) is 115 Å². The first-order valence-corrected chi connectivity index (χ1v) is 11.7. The van der Waals surface area contributed by atoms with E-state index < -0.39 is 0 Å². The van der Waals surface area contributed by atoms with Crippen molar-refractivity contribution in [2.75, 3.05) is 11.9 Å². The Balaban J connectivity index is 1.23. The van der Waals surface area contributed by atoms with E-state index in [2.05, 4.69) is 66.8 Å². The predicted octanol–water partition coefficient (Wildman–Crippen LogP) is 4.23. The first-order valence-electron chi connectivity index (χ1n) is 11.7. The summed E-state index contributed by atoms with van der Waals surface area (Å²) in [5.74, 6) is 2.92. The van der Waals surface area contributed by atoms with Crippen molar-refractivity contribution in [2.24, 2.45) is 4.99 Å². The standard InChI is InChI=1S/C26H25N9O/c1-16-8-18(5-7-21(16)36-24-11-23-34-31-15-35(23)14-30-24)32-25-19-9-17(4-6-20(19)28-13-29-25)10-22-27-12-26(2,3)33-22/h4-9,11,13-15H,10,12H2,1-3H3,(H,27,33)(H,28,29,32). The molecule has 0 saturated carbocycles. The SMILES string of the molecule is Cc1cc(Nc2ncnc3ccc(CC4=NCC(C)(C)N4)cc23)ccc1Oc1cc2nncn2cn1. The highest BCUT2D eigenvalue weighted by molar-refractivity contribution is 5.93. The number of aromatic nitrogens is 6. The fourth-order valence-corrected chi connectivity index (χ4v) is 4.23. The molecule has 2 aromatic carbocycles. The maximum absolute atomic E-state index is 5.99. The highest BCUT2D eigenvalue weighted by atomic mass is 16.5. The Hall–Kier alpha value is -4.60. The van der Waals surface area contributed by atoms with Gasteiger partial charge in [0.05, 0.1) is 17.6 Å². The number of hydrogen-bond acceptors (Lipinski definition) is 9. The number of nitrogens with zero attached hydrogens (tertiary/aromatic N) is 7. The van der Waals surface area contributed by atoms with Crippen molar-refractivity contribution in [1.29, 1.82) is 0 Å². The first-order chi connectivity index (χ1) is 17.4. The smallest absolute Gasteiger partial charge is 0.224 e. The summed E-state index contributed by atoms with van der Waals surface area (Å²) in [7, 11) is 0. The van der Waals surface area contributed by atoms with Crippen molar-refractivity contribution in [2.45, 2.75) is 32.7 Å². The van der Waals surface area contributed by atoms with Crippen LogP contribution in [0.4, 0.5) is 11.5 Å². The third kappa shape index (κ3) is 4.40. The van der Waals surface area contributed by atoms with E-state index in [9.17, 15) is 0 Å². The van der Waals surface area contributed by atoms with E-state index in [1.165, 1.54) is 0 Å². The minimum absolute atomic E-state index is 0.00898. The zero-order chi connectivity index (χ0) is 24.7. The average Bonchev–Trinajstić information content (AvgIpc) is 3.46. The van der Waals surface area contributed by atoms with Crippen molar-refractivity contribution in [3.63, 3.8) is 0 Å². The van der Waals surface area contributed by atoms with E-state index in [-0.39, 0.29) is 5.54 Å². The molecule has 0 bridgehead atoms. The van der Waals surface area contributed by atoms with E-state index >= 15 is 0 Å². The Morgan fingerprint density at radius 3 is 2.81 bits per heavy atom. The zero-order valence-corrected chi connectivity index (χ0v) is 20.2. The van der Waals surface area contributed by atoms with Crippen LogP contribution in [0.3, 0.4) is 0 Å². The van der Waals surface area contributed by atoms with E-state index in [1.54, 1.807) is 29.4 Å². The van der Waals surface area contributed by atoms with E-state index in [1.807, 2.05) is 31.2 Å². The van der Waals surface area contributed by atoms with Gasteiger partial charge in [-0.15, -0.1) is 10.2 Å². The summed E-state index contributed by atoms with van der Waals surface area (Å²) >= 11 is 0. The summed E-state index contributed by atoms with van der Waals surface area (Å²) in [6.45, 7) is 7.09. The zero-order valence-electron chi connectivity index (χ0n) is 20.2. The van der Waals surface area contributed by atoms with Crippen molar-refractivity contribution in [1.82, 2.24) is 34.9 Å². The van der Waals surface area contributed by atoms with E-state index in [0.29, 0.717) is 17.3 Å². The normalized spacial score (nSPS) is 14.6. The summed E-state index contributed by atoms with van der Waals surface area (Å²) in [5, 5.41) is 15.8. The van der Waals surface area contributed by atoms with Crippen LogP contribution in [0.2, 0.25) is 0 Å². The fourth-order valence-electron chi connectivity index (χ4n) is 4.23. The molecule has 5 aromatic rings. The van der Waals surface area contributed by atoms with Crippen LogP contribution in [-0.4, -0.2) is 47.5 Å². The molecule has 0 unspecified atom stereocenters. The van der Waals surface area contributed by atoms with E-state index in [0.717, 1.165) is 52.3 Å². The van der Waals surface area contributed by atoms with Gasteiger partial charge in [0.15, 0.2) is 5.65 Å². The number of rotatable bonds is 6. The summed E-state index contributed by atoms with van der Waals surface area (Å²) in [4.78, 5) is 17.9. The molecular formula is C26H25N9O. The van der Waals surface area contributed by atoms with E-state index in [4.69, 9.17) is 4.74 Å². The third-order valence-electron chi connectivity index (χ3n) is 6.03. The fraction of sp³-hybridized carbons (Fsp3) is 0.231. The molecule has 1 aliphatic heterocycles. The lowest BCUT2D eigenvalue weighted by Gasteiger charge is -2.18. The van der Waals surface area contributed by atoms with Crippen LogP contribution in [0, 0.1) is 6.92 Å². The number of nitrogens with one attached hydrogen (secondary N) is 2. The van der Waals surface area contributed by atoms with Crippen LogP contribution < -0.4 is 15.4 Å². The predicted molar refractivity (Wildman–Crippen MR) is 138 cm³/mol. The number of benzene rings is 2. The minimum atomic E-state index is 0.00898. The number of aliphatic imine (C=N–C) groups is 1. The number of fused-ring (bicyclic) bond motifs is 2. The molecule has 2 N–H and O–H groups in total. The summed E-state index contributed by atoms with van der Waals surface area (Å²) in [6, 6.07) is 13.9. The number of hydrogen-bond donors (Lipinski definition) is 2. The molecule has 10 heteroatoms. The largest absolute Gasteiger partial charge is 0.439 e. The lowest BCUT2D eigenvalue weighted by molar-refractivity contribution is 0.458. The molecule has 0 fully saturated rings. The van der Waals surface area contributed by atoms with Crippen LogP contribution in [0.25, 0.3) is 16.6 Å². The lowest BCUT2D eigenvalue weighted by atomic mass is 10.1. The average molecular weight is 480 g/mol. The molecule has 0 radical (unpaired) electrons. The monoisotopic (exact) mass is 479 g/mol. The van der Waals surface area contributed by atoms with Gasteiger partial charge in [-0.3, -0.25) is 9.39 Å². The molecule has 1 aliphatic rings. The van der Waals surface area contributed by atoms with Crippen LogP contribution in [-0.2, 0) is 6.42 Å². The van der Waals surface area contributed by atoms with Crippen LogP contribution in [0.5, 0.6) is 11.6 Å². The Morgan fingerprint density at radius 1 is 1.06 bits per heavy atom. The first kappa shape index (κ1) is 21.9. The van der Waals surface area contributed by atoms with Gasteiger partial charge in [-0.1, -0.05) is 6.07 Å². The van der Waals surface area contributed by atoms with Gasteiger partial charge in [-0.05, 0) is 62.2 Å². The Labute approximate surface area is 207 Å². The summed E-state index contributed by atoms with van der Waals surface area (Å²) in [6.07, 6.45) is 5.54. The van der Waals surface area contributed by atoms with Crippen molar-refractivity contribution < 1.29 is 4.74 Å². The molecule has 180 valence electrons. The molecule has 3 aromatic heterocycles. The highest BCUT2D eigenvalue weighted by Crippen LogP contribution is 2.30. The number of aryl methyl sites for hydroxylation is 1. The van der Waals surface area contributed by atoms with Crippen LogP contribution in [0.1, 0.15) is 25.0 Å². The lowest BCUT2D eigenvalue weighted by Crippen LogP contribution is -2.40. The molecule has 0 atom stereocenters. The molecule has 4 heterocycles. The second-order valence-electron chi connectivity index (χ2n) is 9.55. The van der Waals surface area contributed by atoms with Gasteiger partial charge in [-0.25, -0.2) is 15.0 Å². The maximum Gasteiger partial charge on any atom is 0.224 e. The molecule has 0 amide bonds. The second-order valence-corrected chi connectivity index (χ2v) is 9.55. The van der Waals surface area contributed by atoms with Crippen molar-refractivity contribution in [3.05, 3.63) is 72.6 Å². The number of anilines is 2. The molecule has 0 aliphatic carbocycles. The van der Waals surface area contributed by atoms with Gasteiger partial charge >= 0.3 is 0 Å². The Morgan fingerprint density at radius 2 is 1.97 bits per heavy atom. The van der Waals surface area contributed by atoms with Gasteiger partial charge in [0.25, 0.3) is 0 Å². The summed E-state index contributed by atoms with van der Waals surface area (Å²) < 4.78 is 7.72. The molecule has 0 spiro atoms. The van der Waals surface area contributed by atoms with Gasteiger partial charge in [-0.2, -0.15) is 0 Å². The van der Waals surface area contributed by atoms with Crippen LogP contribution >= 0.6 is 0 Å². The Kier molecular flexibility index (Phi) is 5.21. The van der Waals surface area contributed by atoms with Gasteiger partial charge in [0.2, 0.25) is 5.88 Å². The Bertz CT molecular complexity index is 1620. The molecule has 10 nitrogen and oxygen atoms in total. The minimum Gasteiger partial charge on any atom is -0.439 e. The third-order valence-corrected chi connectivity index (χ3v) is 6.03. The maximum atomic E-state index is 5.99. The number of ether oxygens (including phenoxy) is 1. The summed E-state index contributed by atoms with van der Waals surface area (Å²) in [5.41, 5.74) is 4.57. The molecule has 0 saturated heterocycles. The number of amidine groups is 1. The van der Waals surface area contributed by atoms with Gasteiger partial charge in [0, 0.05) is 23.6 Å². The molecular weight excluding hydrogens is 454 g/mol. The van der Waals surface area contributed by atoms with Crippen molar-refractivity contribution in [3.8, 4) is 11.6 Å².